The Hall–Kier alpha value is -2.90. The molecular weight excluding hydrogens is 366 g/mol. The third-order valence-corrected chi connectivity index (χ3v) is 5.37. The number of aryl methyl sites for hydroxylation is 2. The first kappa shape index (κ1) is 20.8. The molecule has 1 aliphatic heterocycles. The van der Waals surface area contributed by atoms with E-state index in [2.05, 4.69) is 36.7 Å². The Bertz CT molecular complexity index is 848. The van der Waals surface area contributed by atoms with Crippen molar-refractivity contribution in [3.05, 3.63) is 41.3 Å². The number of hydrogen-bond acceptors (Lipinski definition) is 4. The molecule has 1 amide bonds. The number of nitrogens with one attached hydrogen (secondary N) is 2. The lowest BCUT2D eigenvalue weighted by Gasteiger charge is -2.34. The number of carbonyl (C=O) groups excluding carboxylic acids is 1. The second-order valence-corrected chi connectivity index (χ2v) is 7.57. The number of piperidine rings is 1. The minimum atomic E-state index is 0.127. The molecule has 2 aromatic heterocycles. The van der Waals surface area contributed by atoms with Gasteiger partial charge in [0.1, 0.15) is 0 Å². The maximum absolute atomic E-state index is 11.6. The molecule has 0 radical (unpaired) electrons. The van der Waals surface area contributed by atoms with E-state index in [0.29, 0.717) is 18.9 Å². The van der Waals surface area contributed by atoms with Gasteiger partial charge in [0.2, 0.25) is 5.91 Å². The summed E-state index contributed by atoms with van der Waals surface area (Å²) in [5.74, 6) is 2.30. The molecule has 3 rings (SSSR count). The largest absolute Gasteiger partial charge is 0.359 e. The second-order valence-electron chi connectivity index (χ2n) is 7.57. The standard InChI is InChI=1S/C21H31N7O/c1-15-11-16(2)28(26-15)19-6-5-18(13-24-19)14-25-21(23-4)27-9-7-17(8-10-27)12-20(29)22-3/h5-6,11,13,17H,7-10,12,14H2,1-4H3,(H,22,29)(H,23,25). The van der Waals surface area contributed by atoms with Crippen LogP contribution in [0.25, 0.3) is 5.82 Å². The van der Waals surface area contributed by atoms with E-state index in [0.717, 1.165) is 54.7 Å². The maximum atomic E-state index is 11.6. The van der Waals surface area contributed by atoms with Crippen LogP contribution in [0, 0.1) is 19.8 Å². The summed E-state index contributed by atoms with van der Waals surface area (Å²) in [6, 6.07) is 6.09. The Kier molecular flexibility index (Phi) is 6.85. The van der Waals surface area contributed by atoms with Gasteiger partial charge >= 0.3 is 0 Å². The summed E-state index contributed by atoms with van der Waals surface area (Å²) in [6.45, 7) is 6.50. The zero-order chi connectivity index (χ0) is 20.8. The van der Waals surface area contributed by atoms with Crippen LogP contribution < -0.4 is 10.6 Å². The molecule has 2 aromatic rings. The van der Waals surface area contributed by atoms with Crippen LogP contribution in [0.1, 0.15) is 36.2 Å². The summed E-state index contributed by atoms with van der Waals surface area (Å²) in [5, 5.41) is 10.6. The lowest BCUT2D eigenvalue weighted by Crippen LogP contribution is -2.45. The van der Waals surface area contributed by atoms with Gasteiger partial charge in [-0.1, -0.05) is 6.07 Å². The molecule has 0 atom stereocenters. The number of guanidine groups is 1. The Labute approximate surface area is 172 Å². The van der Waals surface area contributed by atoms with Gasteiger partial charge in [-0.3, -0.25) is 9.79 Å². The van der Waals surface area contributed by atoms with Crippen LogP contribution in [0.3, 0.4) is 0 Å². The van der Waals surface area contributed by atoms with E-state index in [4.69, 9.17) is 0 Å². The van der Waals surface area contributed by atoms with E-state index < -0.39 is 0 Å². The highest BCUT2D eigenvalue weighted by Gasteiger charge is 2.23. The minimum absolute atomic E-state index is 0.127. The van der Waals surface area contributed by atoms with Gasteiger partial charge in [0.15, 0.2) is 11.8 Å². The predicted octanol–water partition coefficient (Wildman–Crippen LogP) is 1.81. The number of nitrogens with zero attached hydrogens (tertiary/aromatic N) is 5. The molecule has 0 aromatic carbocycles. The van der Waals surface area contributed by atoms with Crippen LogP contribution >= 0.6 is 0 Å². The van der Waals surface area contributed by atoms with E-state index in [1.54, 1.807) is 7.05 Å². The van der Waals surface area contributed by atoms with Crippen molar-refractivity contribution in [2.24, 2.45) is 10.9 Å². The van der Waals surface area contributed by atoms with E-state index in [1.165, 1.54) is 0 Å². The van der Waals surface area contributed by atoms with Crippen molar-refractivity contribution in [1.82, 2.24) is 30.3 Å². The lowest BCUT2D eigenvalue weighted by molar-refractivity contribution is -0.121. The molecule has 3 heterocycles. The summed E-state index contributed by atoms with van der Waals surface area (Å²) >= 11 is 0. The van der Waals surface area contributed by atoms with Gasteiger partial charge in [-0.2, -0.15) is 5.10 Å². The number of amides is 1. The zero-order valence-electron chi connectivity index (χ0n) is 17.8. The first-order chi connectivity index (χ1) is 14.0. The molecule has 8 nitrogen and oxygen atoms in total. The monoisotopic (exact) mass is 397 g/mol. The van der Waals surface area contributed by atoms with Crippen LogP contribution in [0.15, 0.2) is 29.4 Å². The van der Waals surface area contributed by atoms with Crippen LogP contribution in [0.5, 0.6) is 0 Å². The molecule has 0 saturated carbocycles. The highest BCUT2D eigenvalue weighted by atomic mass is 16.1. The number of rotatable bonds is 5. The van der Waals surface area contributed by atoms with Crippen molar-refractivity contribution < 1.29 is 4.79 Å². The van der Waals surface area contributed by atoms with Gasteiger partial charge in [0, 0.05) is 52.0 Å². The Morgan fingerprint density at radius 1 is 1.28 bits per heavy atom. The molecule has 0 unspecified atom stereocenters. The highest BCUT2D eigenvalue weighted by molar-refractivity contribution is 5.80. The first-order valence-corrected chi connectivity index (χ1v) is 10.1. The summed E-state index contributed by atoms with van der Waals surface area (Å²) in [7, 11) is 3.50. The molecule has 2 N–H and O–H groups in total. The van der Waals surface area contributed by atoms with Crippen LogP contribution in [-0.4, -0.2) is 58.7 Å². The van der Waals surface area contributed by atoms with Crippen molar-refractivity contribution in [1.29, 1.82) is 0 Å². The number of aliphatic imine (C=N–C) groups is 1. The van der Waals surface area contributed by atoms with Gasteiger partial charge in [0.25, 0.3) is 0 Å². The topological polar surface area (TPSA) is 87.4 Å². The minimum Gasteiger partial charge on any atom is -0.359 e. The molecule has 29 heavy (non-hydrogen) atoms. The Morgan fingerprint density at radius 3 is 2.59 bits per heavy atom. The van der Waals surface area contributed by atoms with Crippen molar-refractivity contribution in [3.63, 3.8) is 0 Å². The summed E-state index contributed by atoms with van der Waals surface area (Å²) in [5.41, 5.74) is 3.14. The average molecular weight is 398 g/mol. The van der Waals surface area contributed by atoms with Gasteiger partial charge in [0.05, 0.1) is 5.69 Å². The van der Waals surface area contributed by atoms with Crippen molar-refractivity contribution in [2.75, 3.05) is 27.2 Å². The van der Waals surface area contributed by atoms with Crippen molar-refractivity contribution in [2.45, 2.75) is 39.7 Å². The van der Waals surface area contributed by atoms with Crippen LogP contribution in [0.4, 0.5) is 0 Å². The molecular formula is C21H31N7O. The van der Waals surface area contributed by atoms with E-state index >= 15 is 0 Å². The van der Waals surface area contributed by atoms with E-state index in [1.807, 2.05) is 43.9 Å². The number of carbonyl (C=O) groups is 1. The maximum Gasteiger partial charge on any atom is 0.220 e. The first-order valence-electron chi connectivity index (χ1n) is 10.1. The van der Waals surface area contributed by atoms with Crippen molar-refractivity contribution >= 4 is 11.9 Å². The SMILES string of the molecule is CN=C(NCc1ccc(-n2nc(C)cc2C)nc1)N1CCC(CC(=O)NC)CC1. The molecule has 0 bridgehead atoms. The van der Waals surface area contributed by atoms with E-state index in [9.17, 15) is 4.79 Å². The van der Waals surface area contributed by atoms with Crippen molar-refractivity contribution in [3.8, 4) is 5.82 Å². The third kappa shape index (κ3) is 5.34. The second kappa shape index (κ2) is 9.54. The van der Waals surface area contributed by atoms with Gasteiger partial charge in [-0.25, -0.2) is 9.67 Å². The molecule has 8 heteroatoms. The van der Waals surface area contributed by atoms with Crippen LogP contribution in [-0.2, 0) is 11.3 Å². The number of aromatic nitrogens is 3. The highest BCUT2D eigenvalue weighted by Crippen LogP contribution is 2.20. The number of hydrogen-bond donors (Lipinski definition) is 2. The predicted molar refractivity (Wildman–Crippen MR) is 114 cm³/mol. The quantitative estimate of drug-likeness (QED) is 0.593. The fourth-order valence-corrected chi connectivity index (χ4v) is 3.73. The molecule has 0 spiro atoms. The fourth-order valence-electron chi connectivity index (χ4n) is 3.73. The third-order valence-electron chi connectivity index (χ3n) is 5.37. The number of pyridine rings is 1. The summed E-state index contributed by atoms with van der Waals surface area (Å²) in [4.78, 5) is 22.8. The summed E-state index contributed by atoms with van der Waals surface area (Å²) in [6.07, 6.45) is 4.51. The molecule has 1 fully saturated rings. The molecule has 1 saturated heterocycles. The fraction of sp³-hybridized carbons (Fsp3) is 0.524. The molecule has 1 aliphatic rings. The van der Waals surface area contributed by atoms with Gasteiger partial charge in [-0.05, 0) is 50.3 Å². The normalized spacial score (nSPS) is 15.4. The lowest BCUT2D eigenvalue weighted by atomic mass is 9.93. The Morgan fingerprint density at radius 2 is 2.03 bits per heavy atom. The summed E-state index contributed by atoms with van der Waals surface area (Å²) < 4.78 is 1.86. The average Bonchev–Trinajstić information content (AvgIpc) is 3.08. The molecule has 156 valence electrons. The van der Waals surface area contributed by atoms with Gasteiger partial charge < -0.3 is 15.5 Å². The smallest absolute Gasteiger partial charge is 0.220 e. The molecule has 0 aliphatic carbocycles. The van der Waals surface area contributed by atoms with Crippen LogP contribution in [0.2, 0.25) is 0 Å². The van der Waals surface area contributed by atoms with Gasteiger partial charge in [-0.15, -0.1) is 0 Å². The van der Waals surface area contributed by atoms with E-state index in [-0.39, 0.29) is 5.91 Å². The Balaban J connectivity index is 1.52. The number of likely N-dealkylation sites (tertiary alicyclic amines) is 1. The zero-order valence-corrected chi connectivity index (χ0v) is 17.8.